The largest absolute Gasteiger partial charge is 0.434 e. The van der Waals surface area contributed by atoms with Gasteiger partial charge >= 0.3 is 6.61 Å². The van der Waals surface area contributed by atoms with E-state index in [1.54, 1.807) is 47.3 Å². The van der Waals surface area contributed by atoms with Gasteiger partial charge in [-0.05, 0) is 43.9 Å². The molecule has 2 N–H and O–H groups in total. The maximum atomic E-state index is 13.3. The number of carbonyl (C=O) groups is 1. The molecule has 37 heavy (non-hydrogen) atoms. The lowest BCUT2D eigenvalue weighted by Crippen LogP contribution is -2.44. The molecule has 2 bridgehead atoms. The first-order valence-electron chi connectivity index (χ1n) is 12.2. The Bertz CT molecular complexity index is 1570. The summed E-state index contributed by atoms with van der Waals surface area (Å²) in [5.74, 6) is 0.0536. The van der Waals surface area contributed by atoms with E-state index in [4.69, 9.17) is 15.6 Å². The number of amides is 1. The second-order valence-electron chi connectivity index (χ2n) is 10.0. The smallest absolute Gasteiger partial charge is 0.387 e. The van der Waals surface area contributed by atoms with Crippen molar-refractivity contribution in [2.75, 3.05) is 7.05 Å². The number of benzene rings is 1. The van der Waals surface area contributed by atoms with Crippen LogP contribution in [0.3, 0.4) is 0 Å². The lowest BCUT2D eigenvalue weighted by molar-refractivity contribution is -0.0505. The number of carbonyl (C=O) groups excluding carboxylic acids is 1. The number of aromatic nitrogens is 5. The van der Waals surface area contributed by atoms with E-state index in [0.717, 1.165) is 41.6 Å². The van der Waals surface area contributed by atoms with E-state index in [1.165, 1.54) is 6.07 Å². The number of hydrogen-bond donors (Lipinski definition) is 1. The van der Waals surface area contributed by atoms with Gasteiger partial charge in [0.25, 0.3) is 5.91 Å². The molecule has 1 fully saturated rings. The number of nitrogens with zero attached hydrogens (tertiary/aromatic N) is 6. The van der Waals surface area contributed by atoms with Gasteiger partial charge in [0.05, 0.1) is 28.5 Å². The minimum Gasteiger partial charge on any atom is -0.434 e. The molecule has 9 nitrogen and oxygen atoms in total. The maximum Gasteiger partial charge on any atom is 0.387 e. The average Bonchev–Trinajstić information content (AvgIpc) is 3.40. The van der Waals surface area contributed by atoms with Crippen molar-refractivity contribution in [3.8, 4) is 17.0 Å². The third kappa shape index (κ3) is 3.19. The highest BCUT2D eigenvalue weighted by Crippen LogP contribution is 2.53. The third-order valence-corrected chi connectivity index (χ3v) is 8.00. The highest BCUT2D eigenvalue weighted by Gasteiger charge is 2.46. The molecule has 1 saturated carbocycles. The molecule has 4 aromatic rings. The van der Waals surface area contributed by atoms with Crippen molar-refractivity contribution in [1.82, 2.24) is 29.5 Å². The summed E-state index contributed by atoms with van der Waals surface area (Å²) in [5.41, 5.74) is 10.5. The van der Waals surface area contributed by atoms with Crippen LogP contribution in [-0.2, 0) is 5.54 Å². The predicted octanol–water partition coefficient (Wildman–Crippen LogP) is 3.79. The minimum absolute atomic E-state index is 0.0112. The maximum absolute atomic E-state index is 13.3. The van der Waals surface area contributed by atoms with E-state index in [-0.39, 0.29) is 23.6 Å². The molecule has 2 unspecified atom stereocenters. The number of alkyl halides is 2. The molecule has 7 rings (SSSR count). The van der Waals surface area contributed by atoms with Crippen LogP contribution in [-0.4, -0.2) is 49.0 Å². The fourth-order valence-corrected chi connectivity index (χ4v) is 5.93. The topological polar surface area (TPSA) is 112 Å². The van der Waals surface area contributed by atoms with Crippen LogP contribution in [0.4, 0.5) is 8.78 Å². The molecule has 1 aliphatic heterocycles. The Labute approximate surface area is 210 Å². The van der Waals surface area contributed by atoms with Gasteiger partial charge in [0.2, 0.25) is 0 Å². The fraction of sp³-hybridized carbons (Fsp3) is 0.346. The van der Waals surface area contributed by atoms with Gasteiger partial charge in [-0.2, -0.15) is 13.9 Å². The van der Waals surface area contributed by atoms with E-state index in [9.17, 15) is 13.6 Å². The summed E-state index contributed by atoms with van der Waals surface area (Å²) in [6.45, 7) is -3.01. The highest BCUT2D eigenvalue weighted by atomic mass is 19.3. The fourth-order valence-electron chi connectivity index (χ4n) is 5.93. The van der Waals surface area contributed by atoms with Crippen molar-refractivity contribution in [3.05, 3.63) is 71.2 Å². The second-order valence-corrected chi connectivity index (χ2v) is 10.0. The molecule has 4 heterocycles. The molecule has 1 amide bonds. The summed E-state index contributed by atoms with van der Waals surface area (Å²) < 4.78 is 33.2. The average molecular weight is 504 g/mol. The molecule has 0 spiro atoms. The van der Waals surface area contributed by atoms with Gasteiger partial charge in [-0.25, -0.2) is 19.5 Å². The molecule has 2 atom stereocenters. The first-order valence-corrected chi connectivity index (χ1v) is 12.2. The summed E-state index contributed by atoms with van der Waals surface area (Å²) in [6, 6.07) is 6.32. The van der Waals surface area contributed by atoms with Crippen molar-refractivity contribution >= 4 is 11.4 Å². The monoisotopic (exact) mass is 503 g/mol. The van der Waals surface area contributed by atoms with E-state index < -0.39 is 12.2 Å². The molecular formula is C26H23F2N7O2. The minimum atomic E-state index is -3.01. The zero-order valence-electron chi connectivity index (χ0n) is 19.9. The number of fused-ring (bicyclic) bond motifs is 9. The zero-order valence-corrected chi connectivity index (χ0v) is 19.9. The standard InChI is InChI=1S/C26H23F2N7O2/c1-34-18-8-15(20-14(23(34)36)4-2-5-19(20)37-25(27)28)21-17-9-16(32-12-35(17)33-22(18)21)13-10-30-24(31-11-13)26(29)6-3-7-26/h2,4-5,9-12,15,18,25H,3,6-8,29H2,1H3. The van der Waals surface area contributed by atoms with Crippen LogP contribution in [0, 0.1) is 0 Å². The number of nitrogens with two attached hydrogens (primary N) is 1. The van der Waals surface area contributed by atoms with Crippen LogP contribution < -0.4 is 10.5 Å². The van der Waals surface area contributed by atoms with Crippen LogP contribution in [0.25, 0.3) is 16.8 Å². The van der Waals surface area contributed by atoms with Gasteiger partial charge in [0.1, 0.15) is 17.9 Å². The molecule has 1 aromatic carbocycles. The summed E-state index contributed by atoms with van der Waals surface area (Å²) >= 11 is 0. The van der Waals surface area contributed by atoms with Gasteiger partial charge in [-0.1, -0.05) is 6.07 Å². The summed E-state index contributed by atoms with van der Waals surface area (Å²) in [4.78, 5) is 28.5. The Balaban J connectivity index is 1.37. The van der Waals surface area contributed by atoms with E-state index in [1.807, 2.05) is 6.07 Å². The Morgan fingerprint density at radius 3 is 2.65 bits per heavy atom. The molecule has 2 aliphatic carbocycles. The van der Waals surface area contributed by atoms with E-state index >= 15 is 0 Å². The molecule has 188 valence electrons. The molecular weight excluding hydrogens is 480 g/mol. The number of hydrogen-bond acceptors (Lipinski definition) is 7. The third-order valence-electron chi connectivity index (χ3n) is 8.00. The normalized spacial score (nSPS) is 21.5. The van der Waals surface area contributed by atoms with Crippen molar-refractivity contribution in [1.29, 1.82) is 0 Å². The predicted molar refractivity (Wildman–Crippen MR) is 128 cm³/mol. The Morgan fingerprint density at radius 2 is 1.95 bits per heavy atom. The van der Waals surface area contributed by atoms with E-state index in [0.29, 0.717) is 29.1 Å². The Kier molecular flexibility index (Phi) is 4.66. The van der Waals surface area contributed by atoms with Crippen molar-refractivity contribution in [2.24, 2.45) is 5.73 Å². The van der Waals surface area contributed by atoms with Gasteiger partial charge in [-0.3, -0.25) is 4.79 Å². The van der Waals surface area contributed by atoms with Crippen LogP contribution in [0.5, 0.6) is 5.75 Å². The summed E-state index contributed by atoms with van der Waals surface area (Å²) in [5, 5.41) is 4.75. The summed E-state index contributed by atoms with van der Waals surface area (Å²) in [7, 11) is 1.72. The van der Waals surface area contributed by atoms with Crippen molar-refractivity contribution < 1.29 is 18.3 Å². The van der Waals surface area contributed by atoms with Crippen LogP contribution in [0.15, 0.2) is 43.0 Å². The Morgan fingerprint density at radius 1 is 1.16 bits per heavy atom. The highest BCUT2D eigenvalue weighted by molar-refractivity contribution is 5.98. The zero-order chi connectivity index (χ0) is 25.5. The van der Waals surface area contributed by atoms with Crippen LogP contribution in [0.1, 0.15) is 70.6 Å². The first-order chi connectivity index (χ1) is 17.8. The molecule has 0 saturated heterocycles. The van der Waals surface area contributed by atoms with Crippen LogP contribution in [0.2, 0.25) is 0 Å². The molecule has 3 aliphatic rings. The second kappa shape index (κ2) is 7.75. The molecule has 11 heteroatoms. The lowest BCUT2D eigenvalue weighted by Gasteiger charge is -2.36. The van der Waals surface area contributed by atoms with Gasteiger partial charge < -0.3 is 15.4 Å². The van der Waals surface area contributed by atoms with Crippen molar-refractivity contribution in [2.45, 2.75) is 49.8 Å². The van der Waals surface area contributed by atoms with Gasteiger partial charge in [0.15, 0.2) is 0 Å². The van der Waals surface area contributed by atoms with Gasteiger partial charge in [0, 0.05) is 47.6 Å². The van der Waals surface area contributed by atoms with Crippen molar-refractivity contribution in [3.63, 3.8) is 0 Å². The first kappa shape index (κ1) is 22.2. The number of rotatable bonds is 4. The Hall–Kier alpha value is -3.99. The number of halogens is 2. The van der Waals surface area contributed by atoms with Gasteiger partial charge in [-0.15, -0.1) is 0 Å². The summed E-state index contributed by atoms with van der Waals surface area (Å²) in [6.07, 6.45) is 8.41. The molecule has 0 radical (unpaired) electrons. The van der Waals surface area contributed by atoms with E-state index in [2.05, 4.69) is 15.0 Å². The quantitative estimate of drug-likeness (QED) is 0.451. The molecule has 3 aromatic heterocycles. The lowest BCUT2D eigenvalue weighted by atomic mass is 9.77. The SMILES string of the molecule is CN1C(=O)c2cccc(OC(F)F)c2C2CC1c1nn3cnc(-c4cnc(C5(N)CCC5)nc4)cc3c12. The number of ether oxygens (including phenoxy) is 1. The van der Waals surface area contributed by atoms with Crippen LogP contribution >= 0.6 is 0 Å².